The van der Waals surface area contributed by atoms with Crippen LogP contribution in [-0.4, -0.2) is 0 Å². The molecule has 0 aliphatic carbocycles. The SMILES string of the molecule is Cc1cc2c(Br)cccc2[cH-]1.[F-].[F-].[F-].[Zr+4]. The Morgan fingerprint density at radius 1 is 1.13 bits per heavy atom. The minimum absolute atomic E-state index is 0. The molecule has 0 aromatic heterocycles. The van der Waals surface area contributed by atoms with E-state index < -0.39 is 0 Å². The third-order valence-corrected chi connectivity index (χ3v) is 2.53. The van der Waals surface area contributed by atoms with Crippen LogP contribution >= 0.6 is 15.9 Å². The second-order valence-electron chi connectivity index (χ2n) is 2.78. The average molecular weight is 356 g/mol. The van der Waals surface area contributed by atoms with Gasteiger partial charge in [0, 0.05) is 0 Å². The Balaban J connectivity index is -0.000000360. The van der Waals surface area contributed by atoms with Crippen molar-refractivity contribution in [2.24, 2.45) is 0 Å². The molecule has 2 rings (SSSR count). The van der Waals surface area contributed by atoms with Gasteiger partial charge in [-0.25, -0.2) is 0 Å². The van der Waals surface area contributed by atoms with Gasteiger partial charge < -0.3 is 14.1 Å². The number of aryl methyl sites for hydroxylation is 1. The Morgan fingerprint density at radius 3 is 2.27 bits per heavy atom. The number of hydrogen-bond donors (Lipinski definition) is 0. The molecular formula is C10H8BrF3Zr. The van der Waals surface area contributed by atoms with Crippen LogP contribution in [0.15, 0.2) is 34.8 Å². The number of fused-ring (bicyclic) bond motifs is 1. The zero-order chi connectivity index (χ0) is 7.84. The van der Waals surface area contributed by atoms with Gasteiger partial charge in [0.1, 0.15) is 0 Å². The average Bonchev–Trinajstić information content (AvgIpc) is 2.31. The van der Waals surface area contributed by atoms with Gasteiger partial charge in [-0.3, -0.25) is 0 Å². The molecule has 0 bridgehead atoms. The topological polar surface area (TPSA) is 0 Å². The Hall–Kier alpha value is -0.0169. The summed E-state index contributed by atoms with van der Waals surface area (Å²) in [6.45, 7) is 2.12. The molecule has 0 saturated carbocycles. The van der Waals surface area contributed by atoms with Gasteiger partial charge in [0.25, 0.3) is 0 Å². The minimum Gasteiger partial charge on any atom is -1.00 e. The maximum absolute atomic E-state index is 3.51. The zero-order valence-corrected chi connectivity index (χ0v) is 11.9. The molecule has 0 saturated heterocycles. The largest absolute Gasteiger partial charge is 4.00 e. The van der Waals surface area contributed by atoms with Crippen molar-refractivity contribution in [3.63, 3.8) is 0 Å². The van der Waals surface area contributed by atoms with Crippen molar-refractivity contribution in [3.05, 3.63) is 40.4 Å². The van der Waals surface area contributed by atoms with Crippen LogP contribution in [0.4, 0.5) is 0 Å². The van der Waals surface area contributed by atoms with E-state index in [1.807, 2.05) is 0 Å². The van der Waals surface area contributed by atoms with Crippen LogP contribution in [0.2, 0.25) is 0 Å². The molecule has 0 nitrogen and oxygen atoms in total. The summed E-state index contributed by atoms with van der Waals surface area (Å²) in [5, 5.41) is 2.63. The Kier molecular flexibility index (Phi) is 11.1. The second kappa shape index (κ2) is 8.17. The fourth-order valence-electron chi connectivity index (χ4n) is 1.35. The Morgan fingerprint density at radius 2 is 1.73 bits per heavy atom. The van der Waals surface area contributed by atoms with Gasteiger partial charge in [-0.05, 0) is 4.47 Å². The Labute approximate surface area is 114 Å². The molecule has 0 unspecified atom stereocenters. The molecule has 5 heteroatoms. The fourth-order valence-corrected chi connectivity index (χ4v) is 1.84. The van der Waals surface area contributed by atoms with E-state index >= 15 is 0 Å². The van der Waals surface area contributed by atoms with Crippen LogP contribution < -0.4 is 14.1 Å². The molecule has 0 radical (unpaired) electrons. The van der Waals surface area contributed by atoms with E-state index in [2.05, 4.69) is 53.2 Å². The third kappa shape index (κ3) is 4.15. The summed E-state index contributed by atoms with van der Waals surface area (Å²) in [6, 6.07) is 10.7. The molecule has 0 aliphatic rings. The molecule has 15 heavy (non-hydrogen) atoms. The van der Waals surface area contributed by atoms with Crippen LogP contribution in [0.1, 0.15) is 5.56 Å². The van der Waals surface area contributed by atoms with Crippen LogP contribution in [0.25, 0.3) is 10.8 Å². The maximum atomic E-state index is 3.51. The van der Waals surface area contributed by atoms with E-state index in [0.717, 1.165) is 0 Å². The molecule has 80 valence electrons. The summed E-state index contributed by atoms with van der Waals surface area (Å²) in [5.41, 5.74) is 1.33. The first kappa shape index (κ1) is 20.4. The molecule has 2 aromatic rings. The summed E-state index contributed by atoms with van der Waals surface area (Å²) in [4.78, 5) is 0. The van der Waals surface area contributed by atoms with Gasteiger partial charge >= 0.3 is 26.2 Å². The van der Waals surface area contributed by atoms with Crippen molar-refractivity contribution in [1.29, 1.82) is 0 Å². The summed E-state index contributed by atoms with van der Waals surface area (Å²) in [7, 11) is 0. The van der Waals surface area contributed by atoms with E-state index in [1.54, 1.807) is 0 Å². The van der Waals surface area contributed by atoms with Crippen LogP contribution in [0, 0.1) is 6.92 Å². The third-order valence-electron chi connectivity index (χ3n) is 1.84. The monoisotopic (exact) mass is 354 g/mol. The molecule has 0 N–H and O–H groups in total. The molecule has 2 aromatic carbocycles. The van der Waals surface area contributed by atoms with E-state index in [4.69, 9.17) is 0 Å². The standard InChI is InChI=1S/C10H8Br.3FH.Zr/c1-7-5-8-3-2-4-10(11)9(8)6-7;;;;/h2-6H,1H3;3*1H;/q-1;;;;+4/p-3. The maximum Gasteiger partial charge on any atom is 4.00 e. The number of halogens is 4. The number of benzene rings is 1. The molecule has 0 spiro atoms. The van der Waals surface area contributed by atoms with Crippen LogP contribution in [-0.2, 0) is 26.2 Å². The predicted octanol–water partition coefficient (Wildman–Crippen LogP) is -5.36. The van der Waals surface area contributed by atoms with Crippen molar-refractivity contribution in [2.75, 3.05) is 0 Å². The van der Waals surface area contributed by atoms with E-state index in [-0.39, 0.29) is 40.3 Å². The van der Waals surface area contributed by atoms with E-state index in [1.165, 1.54) is 20.8 Å². The number of hydrogen-bond acceptors (Lipinski definition) is 0. The molecular weight excluding hydrogens is 348 g/mol. The fraction of sp³-hybridized carbons (Fsp3) is 0.100. The van der Waals surface area contributed by atoms with Gasteiger partial charge in [0.05, 0.1) is 0 Å². The summed E-state index contributed by atoms with van der Waals surface area (Å²) >= 11 is 3.51. The molecule has 0 heterocycles. The predicted molar refractivity (Wildman–Crippen MR) is 52.0 cm³/mol. The van der Waals surface area contributed by atoms with Crippen molar-refractivity contribution in [1.82, 2.24) is 0 Å². The van der Waals surface area contributed by atoms with E-state index in [9.17, 15) is 0 Å². The van der Waals surface area contributed by atoms with Crippen molar-refractivity contribution >= 4 is 26.7 Å². The van der Waals surface area contributed by atoms with Gasteiger partial charge in [-0.15, -0.1) is 34.5 Å². The van der Waals surface area contributed by atoms with Crippen LogP contribution in [0.5, 0.6) is 0 Å². The second-order valence-corrected chi connectivity index (χ2v) is 3.63. The van der Waals surface area contributed by atoms with Gasteiger partial charge in [0.2, 0.25) is 0 Å². The van der Waals surface area contributed by atoms with Gasteiger partial charge in [-0.1, -0.05) is 28.9 Å². The van der Waals surface area contributed by atoms with Crippen molar-refractivity contribution < 1.29 is 40.3 Å². The molecule has 0 fully saturated rings. The summed E-state index contributed by atoms with van der Waals surface area (Å²) in [6.07, 6.45) is 0. The molecule has 0 atom stereocenters. The quantitative estimate of drug-likeness (QED) is 0.414. The van der Waals surface area contributed by atoms with E-state index in [0.29, 0.717) is 0 Å². The normalized spacial score (nSPS) is 7.87. The smallest absolute Gasteiger partial charge is 1.00 e. The first-order valence-electron chi connectivity index (χ1n) is 3.59. The van der Waals surface area contributed by atoms with Crippen molar-refractivity contribution in [2.45, 2.75) is 6.92 Å². The van der Waals surface area contributed by atoms with Gasteiger partial charge in [0.15, 0.2) is 0 Å². The first-order valence-corrected chi connectivity index (χ1v) is 4.38. The zero-order valence-electron chi connectivity index (χ0n) is 7.90. The first-order chi connectivity index (χ1) is 5.27. The van der Waals surface area contributed by atoms with Crippen LogP contribution in [0.3, 0.4) is 0 Å². The van der Waals surface area contributed by atoms with Gasteiger partial charge in [-0.2, -0.15) is 6.07 Å². The Bertz CT molecular complexity index is 400. The molecule has 0 aliphatic heterocycles. The summed E-state index contributed by atoms with van der Waals surface area (Å²) in [5.74, 6) is 0. The molecule has 0 amide bonds. The minimum atomic E-state index is 0. The summed E-state index contributed by atoms with van der Waals surface area (Å²) < 4.78 is 1.18. The number of rotatable bonds is 0. The van der Waals surface area contributed by atoms with Crippen molar-refractivity contribution in [3.8, 4) is 0 Å².